The molecule has 7 heteroatoms. The van der Waals surface area contributed by atoms with Gasteiger partial charge < -0.3 is 14.8 Å². The van der Waals surface area contributed by atoms with Crippen LogP contribution in [0.1, 0.15) is 18.0 Å². The minimum atomic E-state index is -3.64. The first-order valence-electron chi connectivity index (χ1n) is 6.81. The number of benzene rings is 1. The van der Waals surface area contributed by atoms with E-state index in [1.807, 2.05) is 0 Å². The molecule has 3 rings (SSSR count). The molecule has 0 saturated carbocycles. The second kappa shape index (κ2) is 5.47. The Kier molecular flexibility index (Phi) is 3.66. The molecule has 1 N–H and O–H groups in total. The summed E-state index contributed by atoms with van der Waals surface area (Å²) in [7, 11) is 0. The summed E-state index contributed by atoms with van der Waals surface area (Å²) in [5.41, 5.74) is 0.577. The Morgan fingerprint density at radius 1 is 1.33 bits per heavy atom. The molecule has 0 bridgehead atoms. The van der Waals surface area contributed by atoms with E-state index in [1.54, 1.807) is 12.1 Å². The van der Waals surface area contributed by atoms with Crippen molar-refractivity contribution in [2.45, 2.75) is 18.8 Å². The Hall–Kier alpha value is -1.91. The van der Waals surface area contributed by atoms with Gasteiger partial charge in [-0.05, 0) is 6.07 Å². The van der Waals surface area contributed by atoms with Crippen LogP contribution in [0, 0.1) is 11.3 Å². The van der Waals surface area contributed by atoms with Crippen molar-refractivity contribution in [1.29, 1.82) is 5.26 Å². The van der Waals surface area contributed by atoms with Gasteiger partial charge in [-0.3, -0.25) is 4.90 Å². The summed E-state index contributed by atoms with van der Waals surface area (Å²) in [6, 6.07) is 6.66. The van der Waals surface area contributed by atoms with E-state index < -0.39 is 6.29 Å². The number of piperazine rings is 1. The molecular formula is C14H15F2N3O2. The van der Waals surface area contributed by atoms with Gasteiger partial charge in [-0.15, -0.1) is 8.78 Å². The van der Waals surface area contributed by atoms with E-state index in [0.717, 1.165) is 26.2 Å². The summed E-state index contributed by atoms with van der Waals surface area (Å²) in [6.45, 7) is 3.13. The minimum Gasteiger partial charge on any atom is -0.395 e. The molecule has 1 saturated heterocycles. The van der Waals surface area contributed by atoms with Crippen LogP contribution in [-0.4, -0.2) is 37.4 Å². The number of nitrogens with zero attached hydrogens (tertiary/aromatic N) is 2. The molecule has 5 nitrogen and oxygen atoms in total. The lowest BCUT2D eigenvalue weighted by atomic mass is 10.00. The number of para-hydroxylation sites is 1. The van der Waals surface area contributed by atoms with Crippen LogP contribution in [0.4, 0.5) is 8.78 Å². The van der Waals surface area contributed by atoms with Crippen LogP contribution in [0.3, 0.4) is 0 Å². The predicted octanol–water partition coefficient (Wildman–Crippen LogP) is 1.87. The van der Waals surface area contributed by atoms with Crippen LogP contribution in [0.5, 0.6) is 11.5 Å². The van der Waals surface area contributed by atoms with E-state index in [2.05, 4.69) is 25.8 Å². The maximum atomic E-state index is 13.3. The molecule has 2 heterocycles. The van der Waals surface area contributed by atoms with E-state index in [0.29, 0.717) is 5.56 Å². The summed E-state index contributed by atoms with van der Waals surface area (Å²) in [5, 5.41) is 12.3. The Morgan fingerprint density at radius 2 is 2.10 bits per heavy atom. The molecule has 1 atom stereocenters. The molecule has 2 aliphatic heterocycles. The number of rotatable bonds is 3. The van der Waals surface area contributed by atoms with E-state index in [-0.39, 0.29) is 24.0 Å². The monoisotopic (exact) mass is 295 g/mol. The highest BCUT2D eigenvalue weighted by Gasteiger charge is 2.45. The third kappa shape index (κ3) is 2.77. The summed E-state index contributed by atoms with van der Waals surface area (Å²) in [6.07, 6.45) is -3.43. The number of nitrogens with one attached hydrogen (secondary N) is 1. The van der Waals surface area contributed by atoms with Gasteiger partial charge in [0.25, 0.3) is 0 Å². The smallest absolute Gasteiger partial charge is 0.395 e. The van der Waals surface area contributed by atoms with Gasteiger partial charge >= 0.3 is 6.29 Å². The molecule has 2 aliphatic rings. The van der Waals surface area contributed by atoms with E-state index in [1.165, 1.54) is 6.07 Å². The largest absolute Gasteiger partial charge is 0.586 e. The molecule has 21 heavy (non-hydrogen) atoms. The Morgan fingerprint density at radius 3 is 2.81 bits per heavy atom. The van der Waals surface area contributed by atoms with Crippen molar-refractivity contribution in [3.8, 4) is 17.6 Å². The maximum Gasteiger partial charge on any atom is 0.586 e. The fourth-order valence-electron chi connectivity index (χ4n) is 2.77. The number of fused-ring (bicyclic) bond motifs is 1. The normalized spacial score (nSPS) is 21.8. The van der Waals surface area contributed by atoms with Crippen LogP contribution in [0.25, 0.3) is 0 Å². The number of halogens is 2. The first-order chi connectivity index (χ1) is 10.1. The minimum absolute atomic E-state index is 0.0237. The molecule has 1 aromatic rings. The molecule has 1 fully saturated rings. The highest BCUT2D eigenvalue weighted by Crippen LogP contribution is 2.46. The second-order valence-corrected chi connectivity index (χ2v) is 5.01. The average molecular weight is 295 g/mol. The number of nitriles is 1. The molecule has 0 aromatic heterocycles. The lowest BCUT2D eigenvalue weighted by molar-refractivity contribution is -0.287. The molecule has 0 amide bonds. The first kappa shape index (κ1) is 14.0. The Labute approximate surface area is 121 Å². The number of hydrogen-bond acceptors (Lipinski definition) is 5. The summed E-state index contributed by atoms with van der Waals surface area (Å²) in [4.78, 5) is 2.11. The molecule has 1 aromatic carbocycles. The van der Waals surface area contributed by atoms with Crippen molar-refractivity contribution in [3.05, 3.63) is 23.8 Å². The third-order valence-corrected chi connectivity index (χ3v) is 3.70. The van der Waals surface area contributed by atoms with Crippen molar-refractivity contribution in [2.24, 2.45) is 0 Å². The first-order valence-corrected chi connectivity index (χ1v) is 6.81. The number of alkyl halides is 2. The summed E-state index contributed by atoms with van der Waals surface area (Å²) < 4.78 is 35.7. The molecular weight excluding hydrogens is 280 g/mol. The lowest BCUT2D eigenvalue weighted by Crippen LogP contribution is -2.45. The molecule has 0 unspecified atom stereocenters. The molecule has 112 valence electrons. The fourth-order valence-corrected chi connectivity index (χ4v) is 2.77. The van der Waals surface area contributed by atoms with E-state index >= 15 is 0 Å². The Bertz CT molecular complexity index is 568. The van der Waals surface area contributed by atoms with E-state index in [9.17, 15) is 8.78 Å². The zero-order valence-corrected chi connectivity index (χ0v) is 11.3. The Balaban J connectivity index is 1.94. The van der Waals surface area contributed by atoms with E-state index in [4.69, 9.17) is 5.26 Å². The van der Waals surface area contributed by atoms with Gasteiger partial charge in [0.15, 0.2) is 11.5 Å². The van der Waals surface area contributed by atoms with Crippen molar-refractivity contribution in [2.75, 3.05) is 26.2 Å². The zero-order chi connectivity index (χ0) is 14.9. The number of hydrogen-bond donors (Lipinski definition) is 1. The highest BCUT2D eigenvalue weighted by molar-refractivity contribution is 5.50. The SMILES string of the molecule is N#CC[C@H](c1cccc2c1OC(F)(F)O2)N1CCNCC1. The van der Waals surface area contributed by atoms with Gasteiger partial charge in [-0.2, -0.15) is 5.26 Å². The van der Waals surface area contributed by atoms with Crippen molar-refractivity contribution in [3.63, 3.8) is 0 Å². The van der Waals surface area contributed by atoms with Gasteiger partial charge in [0.05, 0.1) is 18.5 Å². The lowest BCUT2D eigenvalue weighted by Gasteiger charge is -2.34. The van der Waals surface area contributed by atoms with Gasteiger partial charge in [-0.1, -0.05) is 12.1 Å². The van der Waals surface area contributed by atoms with Crippen molar-refractivity contribution < 1.29 is 18.3 Å². The van der Waals surface area contributed by atoms with Gasteiger partial charge in [0.2, 0.25) is 0 Å². The third-order valence-electron chi connectivity index (χ3n) is 3.70. The summed E-state index contributed by atoms with van der Waals surface area (Å²) >= 11 is 0. The topological polar surface area (TPSA) is 57.5 Å². The van der Waals surface area contributed by atoms with Crippen LogP contribution in [0.15, 0.2) is 18.2 Å². The highest BCUT2D eigenvalue weighted by atomic mass is 19.3. The molecule has 0 radical (unpaired) electrons. The molecule has 0 aliphatic carbocycles. The van der Waals surface area contributed by atoms with Gasteiger partial charge in [-0.25, -0.2) is 0 Å². The maximum absolute atomic E-state index is 13.3. The quantitative estimate of drug-likeness (QED) is 0.922. The van der Waals surface area contributed by atoms with Crippen LogP contribution >= 0.6 is 0 Å². The van der Waals surface area contributed by atoms with Gasteiger partial charge in [0.1, 0.15) is 0 Å². The van der Waals surface area contributed by atoms with Crippen molar-refractivity contribution >= 4 is 0 Å². The zero-order valence-electron chi connectivity index (χ0n) is 11.3. The van der Waals surface area contributed by atoms with Crippen molar-refractivity contribution in [1.82, 2.24) is 10.2 Å². The standard InChI is InChI=1S/C14H15F2N3O2/c15-14(16)20-12-3-1-2-10(13(12)21-14)11(4-5-17)19-8-6-18-7-9-19/h1-3,11,18H,4,6-9H2/t11-/m1/s1. The average Bonchev–Trinajstić information content (AvgIpc) is 2.79. The van der Waals surface area contributed by atoms with Crippen LogP contribution in [-0.2, 0) is 0 Å². The summed E-state index contributed by atoms with van der Waals surface area (Å²) in [5.74, 6) is 0.0665. The molecule has 0 spiro atoms. The fraction of sp³-hybridized carbons (Fsp3) is 0.500. The predicted molar refractivity (Wildman–Crippen MR) is 70.1 cm³/mol. The number of ether oxygens (including phenoxy) is 2. The van der Waals surface area contributed by atoms with Gasteiger partial charge in [0, 0.05) is 31.7 Å². The van der Waals surface area contributed by atoms with Crippen LogP contribution < -0.4 is 14.8 Å². The second-order valence-electron chi connectivity index (χ2n) is 5.01. The van der Waals surface area contributed by atoms with Crippen LogP contribution in [0.2, 0.25) is 0 Å².